The summed E-state index contributed by atoms with van der Waals surface area (Å²) in [5.41, 5.74) is 0. The quantitative estimate of drug-likeness (QED) is 0.607. The molecule has 0 heterocycles. The van der Waals surface area contributed by atoms with Crippen molar-refractivity contribution in [3.8, 4) is 0 Å². The molecule has 0 aromatic rings. The summed E-state index contributed by atoms with van der Waals surface area (Å²) >= 11 is 0. The van der Waals surface area contributed by atoms with Gasteiger partial charge in [-0.15, -0.1) is 0 Å². The highest BCUT2D eigenvalue weighted by molar-refractivity contribution is 7.86. The Kier molecular flexibility index (Phi) is 5.41. The Balaban J connectivity index is 3.73. The van der Waals surface area contributed by atoms with Crippen LogP contribution in [0.1, 0.15) is 26.7 Å². The van der Waals surface area contributed by atoms with Crippen LogP contribution >= 0.6 is 0 Å². The van der Waals surface area contributed by atoms with Crippen LogP contribution in [0.5, 0.6) is 0 Å². The molecule has 0 radical (unpaired) electrons. The second-order valence-corrected chi connectivity index (χ2v) is 4.44. The molecule has 0 fully saturated rings. The summed E-state index contributed by atoms with van der Waals surface area (Å²) in [4.78, 5) is 0. The van der Waals surface area contributed by atoms with Gasteiger partial charge in [0.05, 0.1) is 12.4 Å². The van der Waals surface area contributed by atoms with E-state index in [9.17, 15) is 12.8 Å². The molecular formula is C7H15FO3S. The number of hydrogen-bond acceptors (Lipinski definition) is 3. The van der Waals surface area contributed by atoms with E-state index >= 15 is 0 Å². The average Bonchev–Trinajstić information content (AvgIpc) is 1.98. The van der Waals surface area contributed by atoms with Gasteiger partial charge in [-0.25, -0.2) is 4.39 Å². The summed E-state index contributed by atoms with van der Waals surface area (Å²) < 4.78 is 38.4. The summed E-state index contributed by atoms with van der Waals surface area (Å²) in [7, 11) is -3.48. The van der Waals surface area contributed by atoms with Crippen molar-refractivity contribution >= 4 is 10.1 Å². The molecule has 0 aromatic heterocycles. The number of alkyl halides is 1. The third kappa shape index (κ3) is 6.54. The molecule has 0 saturated carbocycles. The molecule has 0 saturated heterocycles. The fourth-order valence-electron chi connectivity index (χ4n) is 0.577. The minimum Gasteiger partial charge on any atom is -0.267 e. The smallest absolute Gasteiger partial charge is 0.267 e. The van der Waals surface area contributed by atoms with Crippen LogP contribution in [0.2, 0.25) is 0 Å². The molecule has 0 aliphatic rings. The van der Waals surface area contributed by atoms with E-state index in [1.807, 2.05) is 6.92 Å². The highest BCUT2D eigenvalue weighted by Gasteiger charge is 2.11. The first-order valence-corrected chi connectivity index (χ1v) is 5.57. The first-order valence-electron chi connectivity index (χ1n) is 3.99. The van der Waals surface area contributed by atoms with Gasteiger partial charge < -0.3 is 0 Å². The maximum atomic E-state index is 12.2. The maximum Gasteiger partial charge on any atom is 0.267 e. The molecule has 0 aliphatic carbocycles. The standard InChI is InChI=1S/C7H15FO3S/c1-3-4-5-12(9,10)11-6-7(2)8/h7H,3-6H2,1-2H3. The maximum absolute atomic E-state index is 12.2. The second kappa shape index (κ2) is 5.48. The van der Waals surface area contributed by atoms with Gasteiger partial charge in [-0.3, -0.25) is 4.18 Å². The molecule has 12 heavy (non-hydrogen) atoms. The molecule has 5 heteroatoms. The summed E-state index contributed by atoms with van der Waals surface area (Å²) in [5, 5.41) is 0. The molecular weight excluding hydrogens is 183 g/mol. The van der Waals surface area contributed by atoms with Gasteiger partial charge in [0.1, 0.15) is 6.17 Å². The van der Waals surface area contributed by atoms with Crippen LogP contribution in [0.15, 0.2) is 0 Å². The van der Waals surface area contributed by atoms with Crippen molar-refractivity contribution in [3.63, 3.8) is 0 Å². The van der Waals surface area contributed by atoms with E-state index in [2.05, 4.69) is 4.18 Å². The van der Waals surface area contributed by atoms with E-state index in [0.29, 0.717) is 6.42 Å². The molecule has 0 amide bonds. The Labute approximate surface area is 73.0 Å². The summed E-state index contributed by atoms with van der Waals surface area (Å²) in [6.07, 6.45) is 0.109. The Morgan fingerprint density at radius 1 is 1.50 bits per heavy atom. The predicted molar refractivity (Wildman–Crippen MR) is 45.2 cm³/mol. The number of halogens is 1. The lowest BCUT2D eigenvalue weighted by molar-refractivity contribution is 0.214. The van der Waals surface area contributed by atoms with Crippen LogP contribution in [0.3, 0.4) is 0 Å². The Morgan fingerprint density at radius 3 is 2.50 bits per heavy atom. The minimum absolute atomic E-state index is 0.0176. The summed E-state index contributed by atoms with van der Waals surface area (Å²) in [6.45, 7) is 2.77. The monoisotopic (exact) mass is 198 g/mol. The molecule has 0 N–H and O–H groups in total. The lowest BCUT2D eigenvalue weighted by atomic mass is 10.4. The van der Waals surface area contributed by atoms with Crippen molar-refractivity contribution in [1.29, 1.82) is 0 Å². The molecule has 0 aromatic carbocycles. The van der Waals surface area contributed by atoms with Crippen molar-refractivity contribution in [2.24, 2.45) is 0 Å². The Hall–Kier alpha value is -0.160. The van der Waals surface area contributed by atoms with Gasteiger partial charge in [-0.2, -0.15) is 8.42 Å². The largest absolute Gasteiger partial charge is 0.267 e. The van der Waals surface area contributed by atoms with Crippen LogP contribution in [0.4, 0.5) is 4.39 Å². The molecule has 1 atom stereocenters. The third-order valence-corrected chi connectivity index (χ3v) is 2.51. The van der Waals surface area contributed by atoms with Crippen molar-refractivity contribution in [2.75, 3.05) is 12.4 Å². The highest BCUT2D eigenvalue weighted by Crippen LogP contribution is 2.01. The Morgan fingerprint density at radius 2 is 2.08 bits per heavy atom. The van der Waals surface area contributed by atoms with E-state index in [0.717, 1.165) is 6.42 Å². The van der Waals surface area contributed by atoms with Crippen LogP contribution in [-0.4, -0.2) is 26.9 Å². The van der Waals surface area contributed by atoms with E-state index in [-0.39, 0.29) is 12.4 Å². The minimum atomic E-state index is -3.48. The van der Waals surface area contributed by atoms with Gasteiger partial charge in [0.15, 0.2) is 0 Å². The van der Waals surface area contributed by atoms with Crippen molar-refractivity contribution in [3.05, 3.63) is 0 Å². The first kappa shape index (κ1) is 11.8. The van der Waals surface area contributed by atoms with E-state index in [4.69, 9.17) is 0 Å². The zero-order valence-corrected chi connectivity index (χ0v) is 8.23. The molecule has 0 aliphatic heterocycles. The topological polar surface area (TPSA) is 43.4 Å². The molecule has 0 bridgehead atoms. The molecule has 0 spiro atoms. The predicted octanol–water partition coefficient (Wildman–Crippen LogP) is 1.49. The van der Waals surface area contributed by atoms with Gasteiger partial charge in [0, 0.05) is 0 Å². The SMILES string of the molecule is CCCCS(=O)(=O)OCC(C)F. The van der Waals surface area contributed by atoms with Gasteiger partial charge in [-0.1, -0.05) is 13.3 Å². The first-order chi connectivity index (χ1) is 5.48. The van der Waals surface area contributed by atoms with E-state index in [1.165, 1.54) is 6.92 Å². The number of unbranched alkanes of at least 4 members (excludes halogenated alkanes) is 1. The molecule has 3 nitrogen and oxygen atoms in total. The van der Waals surface area contributed by atoms with Gasteiger partial charge in [0.25, 0.3) is 10.1 Å². The van der Waals surface area contributed by atoms with E-state index < -0.39 is 16.3 Å². The number of hydrogen-bond donors (Lipinski definition) is 0. The lowest BCUT2D eigenvalue weighted by Gasteiger charge is -2.04. The van der Waals surface area contributed by atoms with Gasteiger partial charge in [0.2, 0.25) is 0 Å². The van der Waals surface area contributed by atoms with Crippen molar-refractivity contribution in [1.82, 2.24) is 0 Å². The normalized spacial score (nSPS) is 14.6. The zero-order valence-electron chi connectivity index (χ0n) is 7.42. The molecule has 0 rings (SSSR count). The average molecular weight is 198 g/mol. The number of rotatable bonds is 6. The fraction of sp³-hybridized carbons (Fsp3) is 1.00. The summed E-state index contributed by atoms with van der Waals surface area (Å²) in [6, 6.07) is 0. The zero-order chi connectivity index (χ0) is 9.61. The molecule has 1 unspecified atom stereocenters. The fourth-order valence-corrected chi connectivity index (χ4v) is 1.73. The van der Waals surface area contributed by atoms with Crippen molar-refractivity contribution in [2.45, 2.75) is 32.9 Å². The van der Waals surface area contributed by atoms with Crippen molar-refractivity contribution < 1.29 is 17.0 Å². The van der Waals surface area contributed by atoms with Crippen LogP contribution < -0.4 is 0 Å². The van der Waals surface area contributed by atoms with Crippen LogP contribution in [0.25, 0.3) is 0 Å². The van der Waals surface area contributed by atoms with E-state index in [1.54, 1.807) is 0 Å². The lowest BCUT2D eigenvalue weighted by Crippen LogP contribution is -2.15. The van der Waals surface area contributed by atoms with Gasteiger partial charge in [-0.05, 0) is 13.3 Å². The Bertz CT molecular complexity index is 199. The highest BCUT2D eigenvalue weighted by atomic mass is 32.2. The van der Waals surface area contributed by atoms with Crippen LogP contribution in [0, 0.1) is 0 Å². The van der Waals surface area contributed by atoms with Crippen LogP contribution in [-0.2, 0) is 14.3 Å². The molecule has 74 valence electrons. The van der Waals surface area contributed by atoms with Gasteiger partial charge >= 0.3 is 0 Å². The summed E-state index contributed by atoms with van der Waals surface area (Å²) in [5.74, 6) is -0.0176. The third-order valence-electron chi connectivity index (χ3n) is 1.23. The second-order valence-electron chi connectivity index (χ2n) is 2.68.